The van der Waals surface area contributed by atoms with Gasteiger partial charge >= 0.3 is 18.2 Å². The van der Waals surface area contributed by atoms with Gasteiger partial charge in [0.25, 0.3) is 0 Å². The van der Waals surface area contributed by atoms with E-state index in [1.54, 1.807) is 16.7 Å². The maximum atomic E-state index is 12.6. The number of aliphatic hydroxyl groups is 2. The Bertz CT molecular complexity index is 2700. The summed E-state index contributed by atoms with van der Waals surface area (Å²) in [5.74, 6) is 0.173. The first-order valence-electron chi connectivity index (χ1n) is 24.8. The predicted octanol–water partition coefficient (Wildman–Crippen LogP) is 10.2. The highest BCUT2D eigenvalue weighted by Crippen LogP contribution is 2.44. The molecule has 10 rings (SSSR count). The molecule has 6 aromatic rings. The molecule has 0 spiro atoms. The molecule has 2 saturated carbocycles. The molecule has 4 aliphatic rings. The first-order chi connectivity index (χ1) is 33.8. The quantitative estimate of drug-likeness (QED) is 0.132. The van der Waals surface area contributed by atoms with Crippen molar-refractivity contribution in [2.75, 3.05) is 24.0 Å². The van der Waals surface area contributed by atoms with Crippen molar-refractivity contribution >= 4 is 57.4 Å². The van der Waals surface area contributed by atoms with Crippen molar-refractivity contribution in [3.8, 4) is 0 Å². The van der Waals surface area contributed by atoms with Crippen molar-refractivity contribution in [1.29, 1.82) is 0 Å². The van der Waals surface area contributed by atoms with E-state index in [0.29, 0.717) is 24.5 Å². The van der Waals surface area contributed by atoms with Crippen molar-refractivity contribution in [3.63, 3.8) is 0 Å². The summed E-state index contributed by atoms with van der Waals surface area (Å²) in [6, 6.07) is 26.8. The number of fused-ring (bicyclic) bond motifs is 6. The van der Waals surface area contributed by atoms with Gasteiger partial charge in [-0.25, -0.2) is 19.6 Å². The molecule has 4 heterocycles. The average molecular weight is 953 g/mol. The van der Waals surface area contributed by atoms with Crippen molar-refractivity contribution in [2.45, 2.75) is 134 Å². The van der Waals surface area contributed by atoms with Crippen LogP contribution in [0.2, 0.25) is 0 Å². The van der Waals surface area contributed by atoms with Crippen molar-refractivity contribution in [3.05, 3.63) is 119 Å². The zero-order valence-electron chi connectivity index (χ0n) is 40.7. The van der Waals surface area contributed by atoms with Crippen LogP contribution in [0.1, 0.15) is 143 Å². The van der Waals surface area contributed by atoms with Gasteiger partial charge in [0.15, 0.2) is 0 Å². The topological polar surface area (TPSA) is 190 Å². The van der Waals surface area contributed by atoms with Gasteiger partial charge < -0.3 is 33.9 Å². The minimum Gasteiger partial charge on any atom is -0.481 e. The third-order valence-corrected chi connectivity index (χ3v) is 15.4. The molecule has 15 heteroatoms. The van der Waals surface area contributed by atoms with E-state index in [-0.39, 0.29) is 42.0 Å². The summed E-state index contributed by atoms with van der Waals surface area (Å²) < 4.78 is 14.4. The molecule has 3 N–H and O–H groups in total. The lowest BCUT2D eigenvalue weighted by Crippen LogP contribution is -2.42. The van der Waals surface area contributed by atoms with Crippen molar-refractivity contribution < 1.29 is 44.0 Å². The zero-order chi connectivity index (χ0) is 49.4. The number of aliphatic hydroxyl groups excluding tert-OH is 2. The molecule has 0 bridgehead atoms. The Morgan fingerprint density at radius 3 is 1.40 bits per heavy atom. The summed E-state index contributed by atoms with van der Waals surface area (Å²) >= 11 is 0. The molecule has 2 aliphatic heterocycles. The number of rotatable bonds is 8. The molecule has 368 valence electrons. The molecule has 2 fully saturated rings. The van der Waals surface area contributed by atoms with Crippen LogP contribution in [-0.2, 0) is 31.9 Å². The number of carbonyl (C=O) groups is 4. The van der Waals surface area contributed by atoms with Crippen LogP contribution in [0.15, 0.2) is 84.9 Å². The second kappa shape index (κ2) is 20.4. The molecule has 0 radical (unpaired) electrons. The highest BCUT2D eigenvalue weighted by molar-refractivity contribution is 5.96. The lowest BCUT2D eigenvalue weighted by atomic mass is 9.83. The number of carbonyl (C=O) groups excluding carboxylic acids is 3. The number of aromatic nitrogens is 4. The second-order valence-corrected chi connectivity index (χ2v) is 19.6. The van der Waals surface area contributed by atoms with Gasteiger partial charge in [-0.3, -0.25) is 19.4 Å². The number of carboxylic acids is 1. The van der Waals surface area contributed by atoms with Crippen molar-refractivity contribution in [2.24, 2.45) is 11.8 Å². The van der Waals surface area contributed by atoms with Crippen LogP contribution in [0.5, 0.6) is 0 Å². The third-order valence-electron chi connectivity index (χ3n) is 15.4. The van der Waals surface area contributed by atoms with Crippen LogP contribution >= 0.6 is 0 Å². The number of aryl methyl sites for hydroxylation is 2. The Balaban J connectivity index is 0.000000174. The van der Waals surface area contributed by atoms with Crippen LogP contribution in [0.25, 0.3) is 22.1 Å². The van der Waals surface area contributed by atoms with Gasteiger partial charge in [-0.2, -0.15) is 0 Å². The average Bonchev–Trinajstić information content (AvgIpc) is 3.98. The normalized spacial score (nSPS) is 23.1. The molecule has 70 heavy (non-hydrogen) atoms. The van der Waals surface area contributed by atoms with E-state index in [9.17, 15) is 34.5 Å². The first kappa shape index (κ1) is 48.4. The fraction of sp³-hybridized carbons (Fsp3) is 0.455. The maximum Gasteiger partial charge on any atom is 0.414 e. The Hall–Kier alpha value is -6.58. The third kappa shape index (κ3) is 9.05. The largest absolute Gasteiger partial charge is 0.481 e. The Kier molecular flexibility index (Phi) is 14.1. The highest BCUT2D eigenvalue weighted by atomic mass is 16.5. The first-order valence-corrected chi connectivity index (χ1v) is 24.8. The van der Waals surface area contributed by atoms with Crippen LogP contribution in [0.4, 0.5) is 21.0 Å². The number of aliphatic carboxylic acids is 1. The lowest BCUT2D eigenvalue weighted by molar-refractivity contribution is -0.143. The number of amides is 2. The number of imidazole rings is 2. The molecular formula is C55H64N6O9. The van der Waals surface area contributed by atoms with E-state index in [2.05, 4.69) is 9.13 Å². The van der Waals surface area contributed by atoms with E-state index < -0.39 is 30.2 Å². The molecule has 2 amide bonds. The number of carboxylic acid groups (broad SMARTS) is 1. The van der Waals surface area contributed by atoms with Crippen molar-refractivity contribution in [1.82, 2.24) is 19.1 Å². The predicted molar refractivity (Wildman–Crippen MR) is 266 cm³/mol. The Morgan fingerprint density at radius 1 is 0.586 bits per heavy atom. The number of anilines is 2. The summed E-state index contributed by atoms with van der Waals surface area (Å²) in [5.41, 5.74) is 8.45. The molecule has 2 aliphatic carbocycles. The number of nitrogens with zero attached hydrogens (tertiary/aromatic N) is 6. The number of benzene rings is 4. The number of hydrogen-bond donors (Lipinski definition) is 3. The molecule has 8 atom stereocenters. The van der Waals surface area contributed by atoms with E-state index in [1.165, 1.54) is 14.2 Å². The number of Topliss-reactive ketones (excluding diaryl/α,β-unsaturated/α-hetero) is 1. The van der Waals surface area contributed by atoms with Crippen LogP contribution in [0, 0.1) is 11.8 Å². The fourth-order valence-corrected chi connectivity index (χ4v) is 11.7. The minimum atomic E-state index is -0.955. The Morgan fingerprint density at radius 2 is 1.00 bits per heavy atom. The van der Waals surface area contributed by atoms with Crippen LogP contribution < -0.4 is 9.80 Å². The summed E-state index contributed by atoms with van der Waals surface area (Å²) in [4.78, 5) is 62.6. The van der Waals surface area contributed by atoms with Gasteiger partial charge in [0, 0.05) is 41.2 Å². The molecule has 4 aromatic carbocycles. The van der Waals surface area contributed by atoms with Gasteiger partial charge in [0.05, 0.1) is 53.6 Å². The standard InChI is InChI=1S/C28H33N3O4.C27H31N3O5/c1-17-12-13-22-23(30(17)28(34)35-3)14-15-24-25(22)29-27(26(33)19-8-5-4-6-9-19)31(24)21-11-7-10-20(16-21)18(2)32;1-16-11-12-20-21(29(16)27(34)35-2)13-14-22-23(20)28-25(24(31)17-7-4-3-5-8-17)30(22)19-10-6-9-18(15-19)26(32)33/h4-6,8-9,14-15,17,20-21,26,33H,7,10-13,16H2,1-3H3;3-5,7-8,13-14,16,18-19,24,31H,6,9-12,15H2,1-2H3,(H,32,33)/t17-,20+,21+,26-;16-,18+,19+,24+/m00/s1. The number of methoxy groups -OCH3 is 2. The fourth-order valence-electron chi connectivity index (χ4n) is 11.7. The zero-order valence-corrected chi connectivity index (χ0v) is 40.7. The van der Waals surface area contributed by atoms with Gasteiger partial charge in [-0.1, -0.05) is 73.5 Å². The van der Waals surface area contributed by atoms with Crippen LogP contribution in [-0.4, -0.2) is 84.7 Å². The van der Waals surface area contributed by atoms with Gasteiger partial charge in [0.2, 0.25) is 0 Å². The van der Waals surface area contributed by atoms with E-state index in [1.807, 2.05) is 98.8 Å². The summed E-state index contributed by atoms with van der Waals surface area (Å²) in [6.45, 7) is 5.70. The molecule has 2 aromatic heterocycles. The second-order valence-electron chi connectivity index (χ2n) is 19.6. The SMILES string of the molecule is COC(=O)N1c2ccc3c(nc([C@@H](O)c4ccccc4)n3[C@@H]3CCC[C@@H](C(C)=O)C3)c2CC[C@@H]1C.COC(=O)N1c2ccc3c(nc([C@H](O)c4ccccc4)n3[C@@H]3CCC[C@@H](C(=O)O)C3)c2CC[C@@H]1C. The monoisotopic (exact) mass is 952 g/mol. The van der Waals surface area contributed by atoms with E-state index >= 15 is 0 Å². The summed E-state index contributed by atoms with van der Waals surface area (Å²) in [7, 11) is 2.78. The van der Waals surface area contributed by atoms with E-state index in [0.717, 1.165) is 120 Å². The molecular weight excluding hydrogens is 889 g/mol. The van der Waals surface area contributed by atoms with Gasteiger partial charge in [-0.15, -0.1) is 0 Å². The smallest absolute Gasteiger partial charge is 0.414 e. The van der Waals surface area contributed by atoms with Gasteiger partial charge in [-0.05, 0) is 120 Å². The Labute approximate surface area is 408 Å². The summed E-state index contributed by atoms with van der Waals surface area (Å²) in [6.07, 6.45) is 6.85. The maximum absolute atomic E-state index is 12.6. The molecule has 0 unspecified atom stereocenters. The number of hydrogen-bond acceptors (Lipinski definition) is 10. The molecule has 15 nitrogen and oxygen atoms in total. The number of ether oxygens (including phenoxy) is 2. The van der Waals surface area contributed by atoms with E-state index in [4.69, 9.17) is 19.4 Å². The van der Waals surface area contributed by atoms with Gasteiger partial charge in [0.1, 0.15) is 29.6 Å². The lowest BCUT2D eigenvalue weighted by Gasteiger charge is -2.34. The summed E-state index contributed by atoms with van der Waals surface area (Å²) in [5, 5.41) is 32.6. The highest BCUT2D eigenvalue weighted by Gasteiger charge is 2.37. The number of ketones is 1. The minimum absolute atomic E-state index is 0.00136. The molecule has 0 saturated heterocycles. The van der Waals surface area contributed by atoms with Crippen LogP contribution in [0.3, 0.4) is 0 Å².